The molecule has 2 nitrogen and oxygen atoms in total. The average molecular weight is 248 g/mol. The molecule has 0 saturated heterocycles. The molecule has 0 fully saturated rings. The Morgan fingerprint density at radius 2 is 1.47 bits per heavy atom. The molecule has 3 aromatic rings. The lowest BCUT2D eigenvalue weighted by atomic mass is 10.1. The van der Waals surface area contributed by atoms with Crippen molar-refractivity contribution >= 4 is 0 Å². The highest BCUT2D eigenvalue weighted by molar-refractivity contribution is 5.72. The van der Waals surface area contributed by atoms with Gasteiger partial charge >= 0.3 is 0 Å². The molecule has 0 unspecified atom stereocenters. The number of hydrogen-bond acceptors (Lipinski definition) is 1. The third kappa shape index (κ3) is 2.25. The van der Waals surface area contributed by atoms with Gasteiger partial charge in [-0.1, -0.05) is 60.2 Å². The lowest BCUT2D eigenvalue weighted by molar-refractivity contribution is 1.03. The fourth-order valence-electron chi connectivity index (χ4n) is 2.22. The van der Waals surface area contributed by atoms with Crippen molar-refractivity contribution in [3.05, 3.63) is 72.4 Å². The third-order valence-corrected chi connectivity index (χ3v) is 3.30. The zero-order valence-corrected chi connectivity index (χ0v) is 10.9. The number of aromatic nitrogens is 1. The summed E-state index contributed by atoms with van der Waals surface area (Å²) in [5.74, 6) is 6.06. The fraction of sp³-hybridized carbons (Fsp3) is 0.0588. The van der Waals surface area contributed by atoms with Crippen molar-refractivity contribution < 1.29 is 0 Å². The van der Waals surface area contributed by atoms with E-state index in [-0.39, 0.29) is 0 Å². The molecular formula is C17H16N2. The van der Waals surface area contributed by atoms with Gasteiger partial charge in [0.15, 0.2) is 0 Å². The van der Waals surface area contributed by atoms with Gasteiger partial charge in [-0.3, -0.25) is 4.68 Å². The van der Waals surface area contributed by atoms with Crippen molar-refractivity contribution in [2.75, 3.05) is 5.84 Å². The predicted octanol–water partition coefficient (Wildman–Crippen LogP) is 3.84. The molecule has 2 N–H and O–H groups in total. The van der Waals surface area contributed by atoms with Gasteiger partial charge in [0.25, 0.3) is 0 Å². The summed E-state index contributed by atoms with van der Waals surface area (Å²) in [6.07, 6.45) is 1.97. The highest BCUT2D eigenvalue weighted by atomic mass is 15.3. The highest BCUT2D eigenvalue weighted by Gasteiger charge is 2.07. The van der Waals surface area contributed by atoms with E-state index < -0.39 is 0 Å². The van der Waals surface area contributed by atoms with Gasteiger partial charge in [0, 0.05) is 17.3 Å². The number of benzene rings is 2. The van der Waals surface area contributed by atoms with E-state index in [1.54, 1.807) is 4.68 Å². The molecule has 0 aliphatic rings. The smallest absolute Gasteiger partial charge is 0.0696 e. The van der Waals surface area contributed by atoms with Gasteiger partial charge in [0.1, 0.15) is 0 Å². The molecule has 1 heterocycles. The fourth-order valence-corrected chi connectivity index (χ4v) is 2.22. The van der Waals surface area contributed by atoms with Gasteiger partial charge < -0.3 is 5.84 Å². The second-order valence-electron chi connectivity index (χ2n) is 4.75. The highest BCUT2D eigenvalue weighted by Crippen LogP contribution is 2.27. The van der Waals surface area contributed by atoms with E-state index in [1.165, 1.54) is 11.1 Å². The Bertz CT molecular complexity index is 679. The third-order valence-electron chi connectivity index (χ3n) is 3.30. The number of nitrogens with two attached hydrogens (primary N) is 1. The van der Waals surface area contributed by atoms with Gasteiger partial charge in [0.2, 0.25) is 0 Å². The van der Waals surface area contributed by atoms with E-state index in [0.717, 1.165) is 16.8 Å². The van der Waals surface area contributed by atoms with Crippen molar-refractivity contribution in [2.45, 2.75) is 6.92 Å². The summed E-state index contributed by atoms with van der Waals surface area (Å²) in [5.41, 5.74) is 5.74. The molecule has 0 spiro atoms. The number of aryl methyl sites for hydroxylation is 1. The summed E-state index contributed by atoms with van der Waals surface area (Å²) in [6, 6.07) is 20.8. The standard InChI is InChI=1S/C17H16N2/c1-13-7-9-14(10-8-13)16-11-17(19(18)12-16)15-5-3-2-4-6-15/h2-12H,18H2,1H3. The molecule has 0 aliphatic heterocycles. The molecule has 94 valence electrons. The zero-order valence-electron chi connectivity index (χ0n) is 10.9. The van der Waals surface area contributed by atoms with Gasteiger partial charge in [-0.15, -0.1) is 0 Å². The summed E-state index contributed by atoms with van der Waals surface area (Å²) >= 11 is 0. The molecule has 0 amide bonds. The monoisotopic (exact) mass is 248 g/mol. The maximum Gasteiger partial charge on any atom is 0.0696 e. The maximum absolute atomic E-state index is 6.06. The second kappa shape index (κ2) is 4.65. The summed E-state index contributed by atoms with van der Waals surface area (Å²) in [6.45, 7) is 2.09. The first-order valence-corrected chi connectivity index (χ1v) is 6.34. The van der Waals surface area contributed by atoms with Crippen LogP contribution in [0.4, 0.5) is 0 Å². The Labute approximate surface area is 113 Å². The summed E-state index contributed by atoms with van der Waals surface area (Å²) in [4.78, 5) is 0. The Balaban J connectivity index is 2.04. The van der Waals surface area contributed by atoms with Crippen molar-refractivity contribution in [3.8, 4) is 22.4 Å². The first kappa shape index (κ1) is 11.6. The Morgan fingerprint density at radius 1 is 0.789 bits per heavy atom. The van der Waals surface area contributed by atoms with E-state index >= 15 is 0 Å². The molecule has 0 saturated carbocycles. The Morgan fingerprint density at radius 3 is 2.16 bits per heavy atom. The van der Waals surface area contributed by atoms with Crippen LogP contribution in [0.5, 0.6) is 0 Å². The molecule has 0 bridgehead atoms. The van der Waals surface area contributed by atoms with Gasteiger partial charge in [-0.05, 0) is 18.6 Å². The van der Waals surface area contributed by atoms with Crippen LogP contribution in [0.15, 0.2) is 66.9 Å². The largest absolute Gasteiger partial charge is 0.339 e. The van der Waals surface area contributed by atoms with Crippen LogP contribution in [0.1, 0.15) is 5.56 Å². The van der Waals surface area contributed by atoms with Crippen molar-refractivity contribution in [1.29, 1.82) is 0 Å². The molecule has 1 aromatic heterocycles. The molecule has 19 heavy (non-hydrogen) atoms. The number of rotatable bonds is 2. The van der Waals surface area contributed by atoms with Crippen LogP contribution in [0.2, 0.25) is 0 Å². The predicted molar refractivity (Wildman–Crippen MR) is 80.2 cm³/mol. The maximum atomic E-state index is 6.06. The molecule has 2 aromatic carbocycles. The summed E-state index contributed by atoms with van der Waals surface area (Å²) in [5, 5.41) is 0. The van der Waals surface area contributed by atoms with Gasteiger partial charge in [-0.25, -0.2) is 0 Å². The summed E-state index contributed by atoms with van der Waals surface area (Å²) < 4.78 is 1.69. The van der Waals surface area contributed by atoms with Gasteiger partial charge in [-0.2, -0.15) is 0 Å². The van der Waals surface area contributed by atoms with Gasteiger partial charge in [0.05, 0.1) is 5.69 Å². The minimum Gasteiger partial charge on any atom is -0.339 e. The Kier molecular flexibility index (Phi) is 2.84. The van der Waals surface area contributed by atoms with E-state index in [4.69, 9.17) is 5.84 Å². The minimum atomic E-state index is 1.02. The lowest BCUT2D eigenvalue weighted by Gasteiger charge is -2.01. The van der Waals surface area contributed by atoms with Crippen LogP contribution in [0.25, 0.3) is 22.4 Å². The first-order valence-electron chi connectivity index (χ1n) is 6.34. The minimum absolute atomic E-state index is 1.02. The molecule has 0 radical (unpaired) electrons. The Hall–Kier alpha value is -2.48. The molecule has 0 atom stereocenters. The van der Waals surface area contributed by atoms with E-state index in [0.29, 0.717) is 0 Å². The van der Waals surface area contributed by atoms with Crippen molar-refractivity contribution in [1.82, 2.24) is 4.68 Å². The van der Waals surface area contributed by atoms with Crippen LogP contribution in [0.3, 0.4) is 0 Å². The average Bonchev–Trinajstić information content (AvgIpc) is 2.83. The van der Waals surface area contributed by atoms with E-state index in [1.807, 2.05) is 24.4 Å². The molecule has 0 aliphatic carbocycles. The number of nitrogen functional groups attached to an aromatic ring is 1. The topological polar surface area (TPSA) is 30.9 Å². The lowest BCUT2D eigenvalue weighted by Crippen LogP contribution is -2.07. The van der Waals surface area contributed by atoms with Crippen LogP contribution < -0.4 is 5.84 Å². The molecule has 2 heteroatoms. The number of nitrogens with zero attached hydrogens (tertiary/aromatic N) is 1. The van der Waals surface area contributed by atoms with Crippen LogP contribution in [0, 0.1) is 6.92 Å². The van der Waals surface area contributed by atoms with Crippen LogP contribution in [-0.4, -0.2) is 4.68 Å². The van der Waals surface area contributed by atoms with Crippen LogP contribution in [-0.2, 0) is 0 Å². The molecule has 3 rings (SSSR count). The molecular weight excluding hydrogens is 232 g/mol. The van der Waals surface area contributed by atoms with E-state index in [9.17, 15) is 0 Å². The SMILES string of the molecule is Cc1ccc(-c2cc(-c3ccccc3)n(N)c2)cc1. The quantitative estimate of drug-likeness (QED) is 0.686. The van der Waals surface area contributed by atoms with E-state index in [2.05, 4.69) is 49.4 Å². The summed E-state index contributed by atoms with van der Waals surface area (Å²) in [7, 11) is 0. The zero-order chi connectivity index (χ0) is 13.2. The second-order valence-corrected chi connectivity index (χ2v) is 4.75. The van der Waals surface area contributed by atoms with Crippen LogP contribution >= 0.6 is 0 Å². The number of hydrogen-bond donors (Lipinski definition) is 1. The normalized spacial score (nSPS) is 10.6. The first-order chi connectivity index (χ1) is 9.24. The van der Waals surface area contributed by atoms with Crippen molar-refractivity contribution in [3.63, 3.8) is 0 Å². The van der Waals surface area contributed by atoms with Crippen molar-refractivity contribution in [2.24, 2.45) is 0 Å².